The molecule has 1 amide bonds. The highest BCUT2D eigenvalue weighted by Gasteiger charge is 2.18. The first-order chi connectivity index (χ1) is 18.2. The molecule has 1 aliphatic heterocycles. The molecule has 0 aliphatic carbocycles. The number of fused-ring (bicyclic) bond motifs is 1. The molecule has 6 rings (SSSR count). The van der Waals surface area contributed by atoms with Gasteiger partial charge in [0.2, 0.25) is 5.89 Å². The first-order valence-electron chi connectivity index (χ1n) is 12.6. The fraction of sp³-hybridized carbons (Fsp3) is 0.161. The largest absolute Gasteiger partial charge is 0.436 e. The minimum absolute atomic E-state index is 0.178. The van der Waals surface area contributed by atoms with Gasteiger partial charge in [-0.2, -0.15) is 0 Å². The third kappa shape index (κ3) is 5.03. The SMILES string of the molecule is O=C(Nc1ccccc1-c1nc2cccc(CN3CCNCC3)c2o1)c1ccc(-c2ccccc2)cc1. The lowest BCUT2D eigenvalue weighted by Gasteiger charge is -2.27. The number of nitrogens with zero attached hydrogens (tertiary/aromatic N) is 2. The minimum atomic E-state index is -0.178. The molecule has 0 radical (unpaired) electrons. The summed E-state index contributed by atoms with van der Waals surface area (Å²) in [4.78, 5) is 20.3. The van der Waals surface area contributed by atoms with E-state index >= 15 is 0 Å². The molecule has 6 nitrogen and oxygen atoms in total. The second kappa shape index (κ2) is 10.4. The van der Waals surface area contributed by atoms with Gasteiger partial charge in [-0.1, -0.05) is 66.7 Å². The number of carbonyl (C=O) groups is 1. The number of aromatic nitrogens is 1. The summed E-state index contributed by atoms with van der Waals surface area (Å²) >= 11 is 0. The predicted molar refractivity (Wildman–Crippen MR) is 147 cm³/mol. The van der Waals surface area contributed by atoms with E-state index < -0.39 is 0 Å². The van der Waals surface area contributed by atoms with Crippen molar-refractivity contribution in [2.75, 3.05) is 31.5 Å². The summed E-state index contributed by atoms with van der Waals surface area (Å²) < 4.78 is 6.31. The maximum Gasteiger partial charge on any atom is 0.255 e. The molecular formula is C31H28N4O2. The third-order valence-corrected chi connectivity index (χ3v) is 6.76. The van der Waals surface area contributed by atoms with E-state index in [-0.39, 0.29) is 5.91 Å². The van der Waals surface area contributed by atoms with Gasteiger partial charge in [-0.3, -0.25) is 9.69 Å². The standard InChI is InChI=1S/C31H28N4O2/c36-30(24-15-13-23(14-16-24)22-7-2-1-3-8-22)33-27-11-5-4-10-26(27)31-34-28-12-6-9-25(29(28)37-31)21-35-19-17-32-18-20-35/h1-16,32H,17-21H2,(H,33,36). The van der Waals surface area contributed by atoms with Crippen LogP contribution in [0.4, 0.5) is 5.69 Å². The zero-order chi connectivity index (χ0) is 25.0. The number of para-hydroxylation sites is 2. The summed E-state index contributed by atoms with van der Waals surface area (Å²) in [5, 5.41) is 6.45. The number of hydrogen-bond donors (Lipinski definition) is 2. The fourth-order valence-electron chi connectivity index (χ4n) is 4.77. The minimum Gasteiger partial charge on any atom is -0.436 e. The van der Waals surface area contributed by atoms with Crippen LogP contribution in [0.15, 0.2) is 101 Å². The molecule has 6 heteroatoms. The Morgan fingerprint density at radius 3 is 2.38 bits per heavy atom. The molecule has 37 heavy (non-hydrogen) atoms. The first kappa shape index (κ1) is 23.2. The Labute approximate surface area is 216 Å². The second-order valence-corrected chi connectivity index (χ2v) is 9.25. The lowest BCUT2D eigenvalue weighted by Crippen LogP contribution is -2.42. The van der Waals surface area contributed by atoms with Crippen LogP contribution in [0.5, 0.6) is 0 Å². The molecule has 1 fully saturated rings. The van der Waals surface area contributed by atoms with Crippen molar-refractivity contribution >= 4 is 22.7 Å². The van der Waals surface area contributed by atoms with Crippen LogP contribution in [0.1, 0.15) is 15.9 Å². The Balaban J connectivity index is 1.25. The van der Waals surface area contributed by atoms with Gasteiger partial charge in [-0.15, -0.1) is 0 Å². The van der Waals surface area contributed by atoms with E-state index in [0.29, 0.717) is 17.1 Å². The van der Waals surface area contributed by atoms with E-state index in [1.54, 1.807) is 0 Å². The smallest absolute Gasteiger partial charge is 0.255 e. The Hall–Kier alpha value is -4.26. The molecule has 0 saturated carbocycles. The van der Waals surface area contributed by atoms with Crippen LogP contribution in [-0.4, -0.2) is 42.0 Å². The number of rotatable bonds is 6. The highest BCUT2D eigenvalue weighted by molar-refractivity contribution is 6.06. The number of hydrogen-bond acceptors (Lipinski definition) is 5. The number of anilines is 1. The normalized spacial score (nSPS) is 14.1. The van der Waals surface area contributed by atoms with Crippen molar-refractivity contribution in [2.24, 2.45) is 0 Å². The summed E-state index contributed by atoms with van der Waals surface area (Å²) in [6, 6.07) is 31.5. The predicted octanol–water partition coefficient (Wildman–Crippen LogP) is 5.82. The average molecular weight is 489 g/mol. The molecule has 1 aromatic heterocycles. The van der Waals surface area contributed by atoms with Crippen LogP contribution < -0.4 is 10.6 Å². The molecule has 0 unspecified atom stereocenters. The lowest BCUT2D eigenvalue weighted by atomic mass is 10.0. The van der Waals surface area contributed by atoms with Crippen molar-refractivity contribution < 1.29 is 9.21 Å². The van der Waals surface area contributed by atoms with Gasteiger partial charge >= 0.3 is 0 Å². The van der Waals surface area contributed by atoms with Crippen LogP contribution in [0.25, 0.3) is 33.7 Å². The number of piperazine rings is 1. The van der Waals surface area contributed by atoms with Gasteiger partial charge in [0, 0.05) is 43.9 Å². The maximum absolute atomic E-state index is 13.1. The van der Waals surface area contributed by atoms with Crippen LogP contribution in [-0.2, 0) is 6.54 Å². The lowest BCUT2D eigenvalue weighted by molar-refractivity contribution is 0.102. The molecule has 0 spiro atoms. The number of nitrogens with one attached hydrogen (secondary N) is 2. The van der Waals surface area contributed by atoms with Gasteiger partial charge < -0.3 is 15.1 Å². The Morgan fingerprint density at radius 2 is 1.57 bits per heavy atom. The van der Waals surface area contributed by atoms with Crippen LogP contribution in [0.3, 0.4) is 0 Å². The average Bonchev–Trinajstić information content (AvgIpc) is 3.40. The summed E-state index contributed by atoms with van der Waals surface area (Å²) in [5.41, 5.74) is 6.93. The number of amides is 1. The molecular weight excluding hydrogens is 460 g/mol. The van der Waals surface area contributed by atoms with Crippen LogP contribution >= 0.6 is 0 Å². The molecule has 5 aromatic rings. The number of benzene rings is 4. The summed E-state index contributed by atoms with van der Waals surface area (Å²) in [5.74, 6) is 0.320. The van der Waals surface area contributed by atoms with E-state index in [0.717, 1.165) is 66.1 Å². The first-order valence-corrected chi connectivity index (χ1v) is 12.6. The topological polar surface area (TPSA) is 70.4 Å². The third-order valence-electron chi connectivity index (χ3n) is 6.76. The summed E-state index contributed by atoms with van der Waals surface area (Å²) in [6.45, 7) is 4.85. The molecule has 0 bridgehead atoms. The Kier molecular flexibility index (Phi) is 6.50. The molecule has 0 atom stereocenters. The number of oxazole rings is 1. The highest BCUT2D eigenvalue weighted by atomic mass is 16.3. The highest BCUT2D eigenvalue weighted by Crippen LogP contribution is 2.32. The van der Waals surface area contributed by atoms with Gasteiger partial charge in [-0.25, -0.2) is 4.98 Å². The van der Waals surface area contributed by atoms with Gasteiger partial charge in [-0.05, 0) is 41.5 Å². The van der Waals surface area contributed by atoms with E-state index in [9.17, 15) is 4.79 Å². The zero-order valence-electron chi connectivity index (χ0n) is 20.5. The van der Waals surface area contributed by atoms with E-state index in [2.05, 4.69) is 33.7 Å². The summed E-state index contributed by atoms with van der Waals surface area (Å²) in [7, 11) is 0. The Morgan fingerprint density at radius 1 is 0.838 bits per heavy atom. The molecule has 2 heterocycles. The van der Waals surface area contributed by atoms with Crippen LogP contribution in [0.2, 0.25) is 0 Å². The van der Waals surface area contributed by atoms with Gasteiger partial charge in [0.1, 0.15) is 5.52 Å². The van der Waals surface area contributed by atoms with E-state index in [1.165, 1.54) is 0 Å². The van der Waals surface area contributed by atoms with Crippen molar-refractivity contribution in [1.29, 1.82) is 0 Å². The van der Waals surface area contributed by atoms with Crippen molar-refractivity contribution in [3.63, 3.8) is 0 Å². The summed E-state index contributed by atoms with van der Waals surface area (Å²) in [6.07, 6.45) is 0. The van der Waals surface area contributed by atoms with Gasteiger partial charge in [0.25, 0.3) is 5.91 Å². The molecule has 4 aromatic carbocycles. The van der Waals surface area contributed by atoms with Crippen molar-refractivity contribution in [2.45, 2.75) is 6.54 Å². The van der Waals surface area contributed by atoms with Crippen LogP contribution in [0, 0.1) is 0 Å². The molecule has 2 N–H and O–H groups in total. The molecule has 1 saturated heterocycles. The Bertz CT molecular complexity index is 1520. The molecule has 184 valence electrons. The maximum atomic E-state index is 13.1. The van der Waals surface area contributed by atoms with Crippen molar-refractivity contribution in [3.05, 3.63) is 108 Å². The number of carbonyl (C=O) groups excluding carboxylic acids is 1. The zero-order valence-corrected chi connectivity index (χ0v) is 20.5. The fourth-order valence-corrected chi connectivity index (χ4v) is 4.77. The van der Waals surface area contributed by atoms with Crippen molar-refractivity contribution in [1.82, 2.24) is 15.2 Å². The monoisotopic (exact) mass is 488 g/mol. The van der Waals surface area contributed by atoms with Crippen molar-refractivity contribution in [3.8, 4) is 22.6 Å². The van der Waals surface area contributed by atoms with E-state index in [1.807, 2.05) is 78.9 Å². The second-order valence-electron chi connectivity index (χ2n) is 9.25. The quantitative estimate of drug-likeness (QED) is 0.315. The van der Waals surface area contributed by atoms with E-state index in [4.69, 9.17) is 9.40 Å². The molecule has 1 aliphatic rings. The van der Waals surface area contributed by atoms with Gasteiger partial charge in [0.05, 0.1) is 11.3 Å². The van der Waals surface area contributed by atoms with Gasteiger partial charge in [0.15, 0.2) is 5.58 Å².